The van der Waals surface area contributed by atoms with E-state index in [2.05, 4.69) is 21.2 Å². The first-order valence-electron chi connectivity index (χ1n) is 6.62. The number of aromatic hydroxyl groups is 2. The molecule has 1 amide bonds. The zero-order valence-electron chi connectivity index (χ0n) is 12.2. The second-order valence-electron chi connectivity index (χ2n) is 4.79. The van der Waals surface area contributed by atoms with Gasteiger partial charge in [-0.25, -0.2) is 4.79 Å². The van der Waals surface area contributed by atoms with E-state index in [0.29, 0.717) is 5.69 Å². The summed E-state index contributed by atoms with van der Waals surface area (Å²) < 4.78 is 5.68. The van der Waals surface area contributed by atoms with Gasteiger partial charge in [-0.2, -0.15) is 0 Å². The second-order valence-corrected chi connectivity index (χ2v) is 5.64. The highest BCUT2D eigenvalue weighted by Gasteiger charge is 2.15. The molecule has 7 heteroatoms. The highest BCUT2D eigenvalue weighted by atomic mass is 79.9. The first-order valence-corrected chi connectivity index (χ1v) is 7.41. The van der Waals surface area contributed by atoms with Crippen LogP contribution >= 0.6 is 15.9 Å². The monoisotopic (exact) mass is 379 g/mol. The summed E-state index contributed by atoms with van der Waals surface area (Å²) in [6.45, 7) is 1.42. The van der Waals surface area contributed by atoms with Gasteiger partial charge in [0, 0.05) is 16.2 Å². The third-order valence-electron chi connectivity index (χ3n) is 2.99. The minimum absolute atomic E-state index is 0.131. The molecule has 0 fully saturated rings. The van der Waals surface area contributed by atoms with Crippen molar-refractivity contribution in [2.24, 2.45) is 0 Å². The number of phenolic OH excluding ortho intramolecular Hbond substituents is 2. The Morgan fingerprint density at radius 1 is 1.17 bits per heavy atom. The Kier molecular flexibility index (Phi) is 5.23. The molecule has 0 heterocycles. The summed E-state index contributed by atoms with van der Waals surface area (Å²) >= 11 is 3.36. The molecule has 0 aliphatic heterocycles. The maximum Gasteiger partial charge on any atom is 0.342 e. The molecule has 0 spiro atoms. The number of nitrogens with one attached hydrogen (secondary N) is 1. The molecule has 120 valence electrons. The average Bonchev–Trinajstić information content (AvgIpc) is 2.48. The fraction of sp³-hybridized carbons (Fsp3) is 0.125. The average molecular weight is 380 g/mol. The zero-order chi connectivity index (χ0) is 17.0. The third kappa shape index (κ3) is 4.46. The number of aryl methyl sites for hydroxylation is 1. The van der Waals surface area contributed by atoms with Crippen LogP contribution in [0.15, 0.2) is 40.9 Å². The van der Waals surface area contributed by atoms with Gasteiger partial charge in [0.05, 0.1) is 0 Å². The van der Waals surface area contributed by atoms with Crippen LogP contribution in [0.5, 0.6) is 11.5 Å². The normalized spacial score (nSPS) is 10.2. The van der Waals surface area contributed by atoms with Crippen molar-refractivity contribution >= 4 is 33.5 Å². The second kappa shape index (κ2) is 7.15. The first kappa shape index (κ1) is 16.8. The van der Waals surface area contributed by atoms with Crippen molar-refractivity contribution < 1.29 is 24.5 Å². The van der Waals surface area contributed by atoms with E-state index in [1.807, 2.05) is 13.0 Å². The number of rotatable bonds is 4. The SMILES string of the molecule is Cc1ccc(NC(=O)COC(=O)c2ccc(O)cc2O)cc1Br. The molecule has 23 heavy (non-hydrogen) atoms. The summed E-state index contributed by atoms with van der Waals surface area (Å²) in [6.07, 6.45) is 0. The van der Waals surface area contributed by atoms with Crippen LogP contribution in [-0.4, -0.2) is 28.7 Å². The summed E-state index contributed by atoms with van der Waals surface area (Å²) in [5, 5.41) is 21.3. The summed E-state index contributed by atoms with van der Waals surface area (Å²) in [7, 11) is 0. The van der Waals surface area contributed by atoms with Crippen LogP contribution in [0.3, 0.4) is 0 Å². The predicted octanol–water partition coefficient (Wildman–Crippen LogP) is 2.96. The van der Waals surface area contributed by atoms with Crippen LogP contribution in [0, 0.1) is 6.92 Å². The summed E-state index contributed by atoms with van der Waals surface area (Å²) in [4.78, 5) is 23.6. The lowest BCUT2D eigenvalue weighted by molar-refractivity contribution is -0.119. The highest BCUT2D eigenvalue weighted by Crippen LogP contribution is 2.23. The van der Waals surface area contributed by atoms with Gasteiger partial charge in [0.25, 0.3) is 5.91 Å². The van der Waals surface area contributed by atoms with Gasteiger partial charge < -0.3 is 20.3 Å². The lowest BCUT2D eigenvalue weighted by atomic mass is 10.2. The number of hydrogen-bond acceptors (Lipinski definition) is 5. The Balaban J connectivity index is 1.93. The molecule has 0 unspecified atom stereocenters. The smallest absolute Gasteiger partial charge is 0.342 e. The van der Waals surface area contributed by atoms with Gasteiger partial charge in [0.15, 0.2) is 6.61 Å². The van der Waals surface area contributed by atoms with Gasteiger partial charge in [0.1, 0.15) is 17.1 Å². The molecular formula is C16H14BrNO5. The number of ether oxygens (including phenoxy) is 1. The number of carbonyl (C=O) groups excluding carboxylic acids is 2. The molecule has 0 bridgehead atoms. The van der Waals surface area contributed by atoms with E-state index in [0.717, 1.165) is 16.1 Å². The van der Waals surface area contributed by atoms with Crippen LogP contribution in [-0.2, 0) is 9.53 Å². The van der Waals surface area contributed by atoms with Gasteiger partial charge >= 0.3 is 5.97 Å². The van der Waals surface area contributed by atoms with Crippen molar-refractivity contribution in [3.05, 3.63) is 52.0 Å². The lowest BCUT2D eigenvalue weighted by Gasteiger charge is -2.08. The van der Waals surface area contributed by atoms with Crippen LogP contribution in [0.4, 0.5) is 5.69 Å². The van der Waals surface area contributed by atoms with Gasteiger partial charge in [0.2, 0.25) is 0 Å². The number of carbonyl (C=O) groups is 2. The summed E-state index contributed by atoms with van der Waals surface area (Å²) in [6, 6.07) is 8.76. The standard InChI is InChI=1S/C16H14BrNO5/c1-9-2-3-10(6-13(9)17)18-15(21)8-23-16(22)12-5-4-11(19)7-14(12)20/h2-7,19-20H,8H2,1H3,(H,18,21). The molecule has 2 rings (SSSR count). The molecule has 0 aliphatic rings. The van der Waals surface area contributed by atoms with Crippen molar-refractivity contribution in [1.82, 2.24) is 0 Å². The summed E-state index contributed by atoms with van der Waals surface area (Å²) in [5.41, 5.74) is 1.46. The van der Waals surface area contributed by atoms with E-state index in [-0.39, 0.29) is 11.3 Å². The minimum Gasteiger partial charge on any atom is -0.508 e. The molecule has 0 saturated carbocycles. The van der Waals surface area contributed by atoms with E-state index in [1.165, 1.54) is 12.1 Å². The van der Waals surface area contributed by atoms with E-state index >= 15 is 0 Å². The number of anilines is 1. The fourth-order valence-electron chi connectivity index (χ4n) is 1.77. The Hall–Kier alpha value is -2.54. The Morgan fingerprint density at radius 2 is 1.91 bits per heavy atom. The molecule has 3 N–H and O–H groups in total. The van der Waals surface area contributed by atoms with Crippen molar-refractivity contribution in [3.8, 4) is 11.5 Å². The van der Waals surface area contributed by atoms with Gasteiger partial charge in [-0.15, -0.1) is 0 Å². The van der Waals surface area contributed by atoms with Crippen molar-refractivity contribution in [3.63, 3.8) is 0 Å². The van der Waals surface area contributed by atoms with E-state index in [9.17, 15) is 14.7 Å². The molecule has 2 aromatic carbocycles. The third-order valence-corrected chi connectivity index (χ3v) is 3.85. The van der Waals surface area contributed by atoms with Crippen molar-refractivity contribution in [1.29, 1.82) is 0 Å². The van der Waals surface area contributed by atoms with E-state index < -0.39 is 24.2 Å². The molecule has 0 atom stereocenters. The molecule has 0 radical (unpaired) electrons. The quantitative estimate of drug-likeness (QED) is 0.709. The Morgan fingerprint density at radius 3 is 2.57 bits per heavy atom. The number of benzene rings is 2. The van der Waals surface area contributed by atoms with Crippen LogP contribution < -0.4 is 5.32 Å². The van der Waals surface area contributed by atoms with Crippen molar-refractivity contribution in [2.45, 2.75) is 6.92 Å². The topological polar surface area (TPSA) is 95.9 Å². The zero-order valence-corrected chi connectivity index (χ0v) is 13.8. The van der Waals surface area contributed by atoms with Gasteiger partial charge in [-0.1, -0.05) is 22.0 Å². The number of amides is 1. The molecule has 6 nitrogen and oxygen atoms in total. The fourth-order valence-corrected chi connectivity index (χ4v) is 2.15. The van der Waals surface area contributed by atoms with Gasteiger partial charge in [-0.05, 0) is 36.8 Å². The van der Waals surface area contributed by atoms with E-state index in [4.69, 9.17) is 9.84 Å². The van der Waals surface area contributed by atoms with Gasteiger partial charge in [-0.3, -0.25) is 4.79 Å². The molecule has 2 aromatic rings. The largest absolute Gasteiger partial charge is 0.508 e. The van der Waals surface area contributed by atoms with Crippen LogP contribution in [0.2, 0.25) is 0 Å². The minimum atomic E-state index is -0.859. The molecule has 0 saturated heterocycles. The van der Waals surface area contributed by atoms with Crippen LogP contribution in [0.1, 0.15) is 15.9 Å². The maximum atomic E-state index is 11.8. The number of halogens is 1. The molecule has 0 aromatic heterocycles. The predicted molar refractivity (Wildman–Crippen MR) is 87.6 cm³/mol. The number of phenols is 2. The maximum absolute atomic E-state index is 11.8. The Labute approximate surface area is 140 Å². The summed E-state index contributed by atoms with van der Waals surface area (Å²) in [5.74, 6) is -1.96. The highest BCUT2D eigenvalue weighted by molar-refractivity contribution is 9.10. The van der Waals surface area contributed by atoms with Crippen LogP contribution in [0.25, 0.3) is 0 Å². The first-order chi connectivity index (χ1) is 10.9. The number of esters is 1. The number of hydrogen-bond donors (Lipinski definition) is 3. The van der Waals surface area contributed by atoms with Crippen molar-refractivity contribution in [2.75, 3.05) is 11.9 Å². The molecule has 0 aliphatic carbocycles. The molecular weight excluding hydrogens is 366 g/mol. The Bertz CT molecular complexity index is 760. The lowest BCUT2D eigenvalue weighted by Crippen LogP contribution is -2.21. The van der Waals surface area contributed by atoms with E-state index in [1.54, 1.807) is 12.1 Å².